The lowest BCUT2D eigenvalue weighted by Gasteiger charge is -2.47. The van der Waals surface area contributed by atoms with Crippen LogP contribution in [-0.2, 0) is 15.0 Å². The summed E-state index contributed by atoms with van der Waals surface area (Å²) in [7, 11) is 1.59. The van der Waals surface area contributed by atoms with E-state index in [1.165, 1.54) is 6.07 Å². The van der Waals surface area contributed by atoms with Crippen LogP contribution in [-0.4, -0.2) is 30.4 Å². The van der Waals surface area contributed by atoms with Gasteiger partial charge in [-0.1, -0.05) is 60.7 Å². The minimum absolute atomic E-state index is 0.0465. The first-order chi connectivity index (χ1) is 15.9. The predicted octanol–water partition coefficient (Wildman–Crippen LogP) is 4.03. The Labute approximate surface area is 201 Å². The molecule has 9 heteroatoms. The van der Waals surface area contributed by atoms with E-state index in [0.717, 1.165) is 24.8 Å². The molecule has 2 aromatic carbocycles. The molecule has 1 saturated heterocycles. The van der Waals surface area contributed by atoms with Gasteiger partial charge in [-0.15, -0.1) is 0 Å². The van der Waals surface area contributed by atoms with E-state index in [-0.39, 0.29) is 22.4 Å². The van der Waals surface area contributed by atoms with Crippen LogP contribution in [0.15, 0.2) is 36.4 Å². The van der Waals surface area contributed by atoms with E-state index in [0.29, 0.717) is 23.6 Å². The highest BCUT2D eigenvalue weighted by molar-refractivity contribution is 6.31. The summed E-state index contributed by atoms with van der Waals surface area (Å²) in [5, 5.41) is 6.99. The zero-order chi connectivity index (χ0) is 23.4. The third kappa shape index (κ3) is 3.13. The van der Waals surface area contributed by atoms with Crippen LogP contribution in [0.3, 0.4) is 0 Å². The van der Waals surface area contributed by atoms with Gasteiger partial charge in [0, 0.05) is 29.2 Å². The number of amides is 2. The van der Waals surface area contributed by atoms with Crippen molar-refractivity contribution in [3.8, 4) is 0 Å². The number of benzene rings is 2. The Morgan fingerprint density at radius 3 is 2.64 bits per heavy atom. The Balaban J connectivity index is 1.83. The topological polar surface area (TPSA) is 82.3 Å². The Morgan fingerprint density at radius 1 is 1.15 bits per heavy atom. The number of nitrogens with one attached hydrogen (secondary N) is 4. The van der Waals surface area contributed by atoms with Crippen molar-refractivity contribution in [3.63, 3.8) is 0 Å². The molecule has 2 spiro atoms. The largest absolute Gasteiger partial charge is 0.325 e. The van der Waals surface area contributed by atoms with Crippen molar-refractivity contribution in [3.05, 3.63) is 63.4 Å². The van der Waals surface area contributed by atoms with Crippen LogP contribution in [0.4, 0.5) is 10.1 Å². The van der Waals surface area contributed by atoms with Crippen molar-refractivity contribution < 1.29 is 14.0 Å². The first-order valence-corrected chi connectivity index (χ1v) is 11.9. The summed E-state index contributed by atoms with van der Waals surface area (Å²) in [6.07, 6.45) is 4.21. The molecule has 0 bridgehead atoms. The zero-order valence-corrected chi connectivity index (χ0v) is 19.6. The normalized spacial score (nSPS) is 27.6. The van der Waals surface area contributed by atoms with Gasteiger partial charge in [0.2, 0.25) is 5.91 Å². The van der Waals surface area contributed by atoms with E-state index in [1.54, 1.807) is 31.3 Å². The number of hydrogen-bond donors (Lipinski definition) is 4. The summed E-state index contributed by atoms with van der Waals surface area (Å²) < 4.78 is 15.6. The van der Waals surface area contributed by atoms with Crippen molar-refractivity contribution in [2.75, 3.05) is 12.4 Å². The minimum Gasteiger partial charge on any atom is -0.325 e. The molecular formula is C24H25Cl2FN4O2. The summed E-state index contributed by atoms with van der Waals surface area (Å²) in [5.74, 6) is -2.06. The fourth-order valence-electron chi connectivity index (χ4n) is 6.42. The highest BCUT2D eigenvalue weighted by Gasteiger charge is 2.72. The number of halogens is 3. The molecule has 1 aliphatic carbocycles. The average Bonchev–Trinajstić information content (AvgIpc) is 3.24. The van der Waals surface area contributed by atoms with Gasteiger partial charge in [-0.25, -0.2) is 9.82 Å². The van der Waals surface area contributed by atoms with Crippen LogP contribution in [0.5, 0.6) is 0 Å². The van der Waals surface area contributed by atoms with Gasteiger partial charge in [0.05, 0.1) is 11.1 Å². The van der Waals surface area contributed by atoms with Crippen LogP contribution in [0.25, 0.3) is 0 Å². The molecule has 5 rings (SSSR count). The van der Waals surface area contributed by atoms with Crippen LogP contribution in [0.2, 0.25) is 10.0 Å². The highest BCUT2D eigenvalue weighted by atomic mass is 35.5. The Morgan fingerprint density at radius 2 is 1.91 bits per heavy atom. The molecule has 0 unspecified atom stereocenters. The molecule has 2 heterocycles. The summed E-state index contributed by atoms with van der Waals surface area (Å²) in [6.45, 7) is 0. The van der Waals surface area contributed by atoms with Crippen molar-refractivity contribution in [2.24, 2.45) is 0 Å². The molecule has 2 aromatic rings. The fourth-order valence-corrected chi connectivity index (χ4v) is 6.77. The highest BCUT2D eigenvalue weighted by Crippen LogP contribution is 2.62. The molecule has 33 heavy (non-hydrogen) atoms. The Kier molecular flexibility index (Phi) is 5.64. The van der Waals surface area contributed by atoms with Crippen molar-refractivity contribution in [1.82, 2.24) is 16.2 Å². The molecule has 174 valence electrons. The van der Waals surface area contributed by atoms with Gasteiger partial charge in [-0.3, -0.25) is 20.3 Å². The second kappa shape index (κ2) is 8.24. The minimum atomic E-state index is -1.21. The van der Waals surface area contributed by atoms with Gasteiger partial charge in [-0.05, 0) is 42.2 Å². The lowest BCUT2D eigenvalue weighted by Crippen LogP contribution is -2.60. The Hall–Kier alpha value is -2.19. The van der Waals surface area contributed by atoms with Gasteiger partial charge < -0.3 is 5.32 Å². The summed E-state index contributed by atoms with van der Waals surface area (Å²) in [6, 6.07) is 9.17. The van der Waals surface area contributed by atoms with Gasteiger partial charge >= 0.3 is 0 Å². The molecule has 2 amide bonds. The lowest BCUT2D eigenvalue weighted by molar-refractivity contribution is -0.124. The fraction of sp³-hybridized carbons (Fsp3) is 0.417. The molecule has 1 saturated carbocycles. The van der Waals surface area contributed by atoms with Crippen LogP contribution in [0, 0.1) is 5.82 Å². The maximum absolute atomic E-state index is 15.6. The zero-order valence-electron chi connectivity index (χ0n) is 18.1. The number of anilines is 1. The second-order valence-corrected chi connectivity index (χ2v) is 9.92. The van der Waals surface area contributed by atoms with E-state index in [4.69, 9.17) is 23.2 Å². The number of hydrazine groups is 1. The number of carbonyl (C=O) groups is 2. The number of hydrogen-bond acceptors (Lipinski definition) is 4. The van der Waals surface area contributed by atoms with E-state index in [1.807, 2.05) is 6.07 Å². The van der Waals surface area contributed by atoms with Crippen LogP contribution >= 0.6 is 23.2 Å². The maximum Gasteiger partial charge on any atom is 0.251 e. The second-order valence-electron chi connectivity index (χ2n) is 9.08. The van der Waals surface area contributed by atoms with Gasteiger partial charge in [0.25, 0.3) is 5.91 Å². The van der Waals surface area contributed by atoms with Crippen molar-refractivity contribution in [1.29, 1.82) is 0 Å². The molecule has 2 fully saturated rings. The molecule has 0 radical (unpaired) electrons. The number of carbonyl (C=O) groups excluding carboxylic acids is 2. The summed E-state index contributed by atoms with van der Waals surface area (Å²) in [5.41, 5.74) is 4.94. The molecular weight excluding hydrogens is 466 g/mol. The van der Waals surface area contributed by atoms with Crippen molar-refractivity contribution >= 4 is 40.7 Å². The average molecular weight is 491 g/mol. The molecule has 0 aromatic heterocycles. The first-order valence-electron chi connectivity index (χ1n) is 11.2. The standard InChI is InChI=1S/C24H25Cl2FN4O2/c1-28-31-21(32)20-18(14-6-5-7-16(26)19(14)27)24(23(30-20)10-3-2-4-11-23)15-9-8-13(25)12-17(15)29-22(24)33/h5-9,12,18,20,28,30H,2-4,10-11H2,1H3,(H,29,33)(H,31,32)/t18-,20+,24+/m0/s1. The lowest BCUT2D eigenvalue weighted by atomic mass is 9.55. The smallest absolute Gasteiger partial charge is 0.251 e. The third-order valence-corrected chi connectivity index (χ3v) is 8.08. The van der Waals surface area contributed by atoms with Gasteiger partial charge in [0.1, 0.15) is 11.2 Å². The van der Waals surface area contributed by atoms with E-state index < -0.39 is 28.7 Å². The number of rotatable bonds is 3. The quantitative estimate of drug-likeness (QED) is 0.489. The first kappa shape index (κ1) is 22.6. The van der Waals surface area contributed by atoms with Gasteiger partial charge in [-0.2, -0.15) is 0 Å². The Bertz CT molecular complexity index is 1140. The number of fused-ring (bicyclic) bond motifs is 3. The molecule has 4 N–H and O–H groups in total. The molecule has 3 atom stereocenters. The third-order valence-electron chi connectivity index (χ3n) is 7.55. The molecule has 6 nitrogen and oxygen atoms in total. The van der Waals surface area contributed by atoms with Gasteiger partial charge in [0.15, 0.2) is 0 Å². The molecule has 2 aliphatic heterocycles. The van der Waals surface area contributed by atoms with Crippen LogP contribution < -0.4 is 21.5 Å². The maximum atomic E-state index is 15.6. The van der Waals surface area contributed by atoms with E-state index in [9.17, 15) is 9.59 Å². The summed E-state index contributed by atoms with van der Waals surface area (Å²) >= 11 is 12.4. The van der Waals surface area contributed by atoms with Crippen LogP contribution in [0.1, 0.15) is 49.1 Å². The monoisotopic (exact) mass is 490 g/mol. The van der Waals surface area contributed by atoms with Crippen molar-refractivity contribution in [2.45, 2.75) is 55.0 Å². The predicted molar refractivity (Wildman–Crippen MR) is 126 cm³/mol. The SMILES string of the molecule is CNNC(=O)[C@@H]1NC2(CCCCC2)[C@@]2(C(=O)Nc3cc(Cl)ccc32)[C@H]1c1cccc(Cl)c1F. The molecule has 3 aliphatic rings. The van der Waals surface area contributed by atoms with E-state index in [2.05, 4.69) is 21.5 Å². The summed E-state index contributed by atoms with van der Waals surface area (Å²) in [4.78, 5) is 27.4. The van der Waals surface area contributed by atoms with E-state index >= 15 is 4.39 Å².